The molecule has 1 saturated heterocycles. The van der Waals surface area contributed by atoms with Crippen LogP contribution in [0.4, 0.5) is 0 Å². The van der Waals surface area contributed by atoms with Crippen LogP contribution in [-0.2, 0) is 20.5 Å². The van der Waals surface area contributed by atoms with Crippen molar-refractivity contribution in [3.63, 3.8) is 0 Å². The number of aliphatic hydroxyl groups is 3. The van der Waals surface area contributed by atoms with E-state index in [9.17, 15) is 15.3 Å². The minimum Gasteiger partial charge on any atom is -0.414 e. The highest BCUT2D eigenvalue weighted by Crippen LogP contribution is 2.37. The summed E-state index contributed by atoms with van der Waals surface area (Å²) in [7, 11) is -2.03. The van der Waals surface area contributed by atoms with Crippen molar-refractivity contribution in [2.75, 3.05) is 6.61 Å². The SMILES string of the molecule is CC(C)(C)[Si](C)(C)OC[C@@H]1O[C@@H](OCc2ccccc2)[C@H](O)[C@H](O)[C@H]1O. The van der Waals surface area contributed by atoms with Gasteiger partial charge in [-0.25, -0.2) is 0 Å². The summed E-state index contributed by atoms with van der Waals surface area (Å²) in [6.45, 7) is 11.0. The van der Waals surface area contributed by atoms with E-state index in [0.29, 0.717) is 0 Å². The summed E-state index contributed by atoms with van der Waals surface area (Å²) < 4.78 is 17.5. The normalized spacial score (nSPS) is 30.4. The van der Waals surface area contributed by atoms with Crippen LogP contribution in [0.2, 0.25) is 18.1 Å². The summed E-state index contributed by atoms with van der Waals surface area (Å²) in [4.78, 5) is 0. The molecular weight excluding hydrogens is 352 g/mol. The van der Waals surface area contributed by atoms with E-state index < -0.39 is 39.0 Å². The second-order valence-electron chi connectivity index (χ2n) is 8.38. The maximum atomic E-state index is 10.3. The van der Waals surface area contributed by atoms with Gasteiger partial charge in [-0.05, 0) is 23.7 Å². The first-order chi connectivity index (χ1) is 12.0. The molecule has 0 amide bonds. The van der Waals surface area contributed by atoms with Crippen LogP contribution in [0.1, 0.15) is 26.3 Å². The molecule has 6 nitrogen and oxygen atoms in total. The molecule has 0 saturated carbocycles. The van der Waals surface area contributed by atoms with E-state index in [1.165, 1.54) is 0 Å². The van der Waals surface area contributed by atoms with Crippen LogP contribution < -0.4 is 0 Å². The Kier molecular flexibility index (Phi) is 7.01. The summed E-state index contributed by atoms with van der Waals surface area (Å²) in [6, 6.07) is 9.50. The van der Waals surface area contributed by atoms with Crippen LogP contribution in [0, 0.1) is 0 Å². The zero-order chi connectivity index (χ0) is 19.5. The average Bonchev–Trinajstić information content (AvgIpc) is 2.58. The Labute approximate surface area is 156 Å². The minimum atomic E-state index is -2.03. The molecule has 1 aromatic carbocycles. The summed E-state index contributed by atoms with van der Waals surface area (Å²) in [5.41, 5.74) is 0.929. The Hall–Kier alpha value is -0.803. The fourth-order valence-corrected chi connectivity index (χ4v) is 3.47. The second kappa shape index (κ2) is 8.47. The molecule has 3 N–H and O–H groups in total. The van der Waals surface area contributed by atoms with Crippen molar-refractivity contribution in [2.45, 2.75) is 76.2 Å². The van der Waals surface area contributed by atoms with Gasteiger partial charge in [-0.15, -0.1) is 0 Å². The van der Waals surface area contributed by atoms with Gasteiger partial charge in [-0.2, -0.15) is 0 Å². The maximum absolute atomic E-state index is 10.3. The van der Waals surface area contributed by atoms with Gasteiger partial charge in [0.1, 0.15) is 24.4 Å². The maximum Gasteiger partial charge on any atom is 0.192 e. The van der Waals surface area contributed by atoms with Crippen molar-refractivity contribution in [1.82, 2.24) is 0 Å². The summed E-state index contributed by atoms with van der Waals surface area (Å²) >= 11 is 0. The molecule has 0 aliphatic carbocycles. The van der Waals surface area contributed by atoms with E-state index in [-0.39, 0.29) is 18.3 Å². The highest BCUT2D eigenvalue weighted by molar-refractivity contribution is 6.74. The molecule has 0 bridgehead atoms. The number of hydrogen-bond acceptors (Lipinski definition) is 6. The molecule has 5 atom stereocenters. The summed E-state index contributed by atoms with van der Waals surface area (Å²) in [5.74, 6) is 0. The molecule has 1 fully saturated rings. The van der Waals surface area contributed by atoms with Crippen molar-refractivity contribution in [3.05, 3.63) is 35.9 Å². The molecule has 1 aromatic rings. The smallest absolute Gasteiger partial charge is 0.192 e. The lowest BCUT2D eigenvalue weighted by molar-refractivity contribution is -0.303. The van der Waals surface area contributed by atoms with E-state index in [1.54, 1.807) is 0 Å². The van der Waals surface area contributed by atoms with Crippen LogP contribution in [-0.4, -0.2) is 60.9 Å². The van der Waals surface area contributed by atoms with Crippen LogP contribution in [0.15, 0.2) is 30.3 Å². The lowest BCUT2D eigenvalue weighted by atomic mass is 9.99. The lowest BCUT2D eigenvalue weighted by Crippen LogP contribution is -2.60. The third-order valence-electron chi connectivity index (χ3n) is 5.34. The predicted molar refractivity (Wildman–Crippen MR) is 101 cm³/mol. The molecule has 0 radical (unpaired) electrons. The monoisotopic (exact) mass is 384 g/mol. The van der Waals surface area contributed by atoms with Crippen molar-refractivity contribution < 1.29 is 29.2 Å². The molecule has 1 aliphatic heterocycles. The zero-order valence-corrected chi connectivity index (χ0v) is 17.3. The molecule has 1 heterocycles. The van der Waals surface area contributed by atoms with Crippen molar-refractivity contribution in [1.29, 1.82) is 0 Å². The van der Waals surface area contributed by atoms with Gasteiger partial charge in [0.25, 0.3) is 0 Å². The number of rotatable bonds is 6. The Balaban J connectivity index is 1.98. The molecule has 2 rings (SSSR count). The molecule has 1 aliphatic rings. The Morgan fingerprint density at radius 3 is 2.19 bits per heavy atom. The van der Waals surface area contributed by atoms with Gasteiger partial charge in [-0.3, -0.25) is 0 Å². The topological polar surface area (TPSA) is 88.4 Å². The van der Waals surface area contributed by atoms with E-state index in [4.69, 9.17) is 13.9 Å². The van der Waals surface area contributed by atoms with Crippen molar-refractivity contribution in [3.8, 4) is 0 Å². The molecule has 0 aromatic heterocycles. The summed E-state index contributed by atoms with van der Waals surface area (Å²) in [5, 5.41) is 30.6. The lowest BCUT2D eigenvalue weighted by Gasteiger charge is -2.42. The molecule has 26 heavy (non-hydrogen) atoms. The van der Waals surface area contributed by atoms with Crippen LogP contribution in [0.3, 0.4) is 0 Å². The second-order valence-corrected chi connectivity index (χ2v) is 13.2. The standard InChI is InChI=1S/C19H32O6Si/c1-19(2,3)26(4,5)24-12-14-15(20)16(21)17(22)18(25-14)23-11-13-9-7-6-8-10-13/h6-10,14-18,20-22H,11-12H2,1-5H3/t14-,15-,16+,17+,18+/m0/s1. The van der Waals surface area contributed by atoms with Gasteiger partial charge in [0.15, 0.2) is 14.6 Å². The van der Waals surface area contributed by atoms with Crippen LogP contribution >= 0.6 is 0 Å². The largest absolute Gasteiger partial charge is 0.414 e. The van der Waals surface area contributed by atoms with Gasteiger partial charge >= 0.3 is 0 Å². The van der Waals surface area contributed by atoms with Crippen LogP contribution in [0.5, 0.6) is 0 Å². The molecule has 0 unspecified atom stereocenters. The predicted octanol–water partition coefficient (Wildman–Crippen LogP) is 2.03. The quantitative estimate of drug-likeness (QED) is 0.651. The van der Waals surface area contributed by atoms with Crippen molar-refractivity contribution >= 4 is 8.32 Å². The third-order valence-corrected chi connectivity index (χ3v) is 9.84. The molecular formula is C19H32O6Si. The number of hydrogen-bond donors (Lipinski definition) is 3. The molecule has 148 valence electrons. The first kappa shape index (κ1) is 21.5. The Bertz CT molecular complexity index is 559. The van der Waals surface area contributed by atoms with Gasteiger partial charge in [0.2, 0.25) is 0 Å². The highest BCUT2D eigenvalue weighted by Gasteiger charge is 2.46. The van der Waals surface area contributed by atoms with E-state index in [2.05, 4.69) is 33.9 Å². The Morgan fingerprint density at radius 1 is 1.00 bits per heavy atom. The summed E-state index contributed by atoms with van der Waals surface area (Å²) in [6.07, 6.45) is -5.69. The van der Waals surface area contributed by atoms with E-state index in [0.717, 1.165) is 5.56 Å². The van der Waals surface area contributed by atoms with Gasteiger partial charge < -0.3 is 29.2 Å². The van der Waals surface area contributed by atoms with Crippen molar-refractivity contribution in [2.24, 2.45) is 0 Å². The molecule has 7 heteroatoms. The van der Waals surface area contributed by atoms with E-state index >= 15 is 0 Å². The number of ether oxygens (including phenoxy) is 2. The molecule has 0 spiro atoms. The fourth-order valence-electron chi connectivity index (χ4n) is 2.45. The first-order valence-corrected chi connectivity index (χ1v) is 11.9. The number of aliphatic hydroxyl groups excluding tert-OH is 3. The van der Waals surface area contributed by atoms with Gasteiger partial charge in [-0.1, -0.05) is 51.1 Å². The first-order valence-electron chi connectivity index (χ1n) is 9.02. The fraction of sp³-hybridized carbons (Fsp3) is 0.684. The number of benzene rings is 1. The van der Waals surface area contributed by atoms with E-state index in [1.807, 2.05) is 30.3 Å². The average molecular weight is 385 g/mol. The van der Waals surface area contributed by atoms with Gasteiger partial charge in [0, 0.05) is 0 Å². The zero-order valence-electron chi connectivity index (χ0n) is 16.3. The minimum absolute atomic E-state index is 0.0218. The third kappa shape index (κ3) is 5.13. The highest BCUT2D eigenvalue weighted by atomic mass is 28.4. The van der Waals surface area contributed by atoms with Gasteiger partial charge in [0.05, 0.1) is 13.2 Å². The van der Waals surface area contributed by atoms with Crippen LogP contribution in [0.25, 0.3) is 0 Å². The Morgan fingerprint density at radius 2 is 1.62 bits per heavy atom.